The van der Waals surface area contributed by atoms with E-state index in [9.17, 15) is 5.11 Å². The van der Waals surface area contributed by atoms with Gasteiger partial charge in [-0.1, -0.05) is 32.0 Å². The summed E-state index contributed by atoms with van der Waals surface area (Å²) in [4.78, 5) is 0. The number of nitrogens with two attached hydrogens (primary N) is 2. The van der Waals surface area contributed by atoms with Crippen molar-refractivity contribution in [1.29, 1.82) is 0 Å². The Labute approximate surface area is 97.5 Å². The minimum absolute atomic E-state index is 0.262. The fourth-order valence-corrected chi connectivity index (χ4v) is 2.09. The van der Waals surface area contributed by atoms with Crippen LogP contribution in [0.1, 0.15) is 25.3 Å². The number of benzene rings is 1. The van der Waals surface area contributed by atoms with Crippen molar-refractivity contribution < 1.29 is 5.11 Å². The largest absolute Gasteiger partial charge is 0.508 e. The molecule has 0 aliphatic carbocycles. The van der Waals surface area contributed by atoms with Gasteiger partial charge >= 0.3 is 0 Å². The fraction of sp³-hybridized carbons (Fsp3) is 0.538. The van der Waals surface area contributed by atoms with E-state index < -0.39 is 0 Å². The predicted molar refractivity (Wildman–Crippen MR) is 67.3 cm³/mol. The Bertz CT molecular complexity index is 323. The lowest BCUT2D eigenvalue weighted by Gasteiger charge is -2.27. The summed E-state index contributed by atoms with van der Waals surface area (Å²) in [5.74, 6) is 1.28. The van der Waals surface area contributed by atoms with Crippen LogP contribution in [0.4, 0.5) is 0 Å². The first kappa shape index (κ1) is 13.0. The zero-order valence-electron chi connectivity index (χ0n) is 10.1. The van der Waals surface area contributed by atoms with Crippen LogP contribution in [0.15, 0.2) is 24.3 Å². The van der Waals surface area contributed by atoms with Gasteiger partial charge in [0.2, 0.25) is 0 Å². The van der Waals surface area contributed by atoms with E-state index >= 15 is 0 Å². The summed E-state index contributed by atoms with van der Waals surface area (Å²) >= 11 is 0. The lowest BCUT2D eigenvalue weighted by Crippen LogP contribution is -2.31. The van der Waals surface area contributed by atoms with Gasteiger partial charge in [-0.15, -0.1) is 0 Å². The highest BCUT2D eigenvalue weighted by atomic mass is 16.3. The number of rotatable bonds is 5. The fourth-order valence-electron chi connectivity index (χ4n) is 2.09. The van der Waals surface area contributed by atoms with E-state index in [0.29, 0.717) is 30.7 Å². The summed E-state index contributed by atoms with van der Waals surface area (Å²) in [6, 6.07) is 7.46. The Balaban J connectivity index is 2.85. The number of phenolic OH excluding ortho intramolecular Hbond substituents is 1. The van der Waals surface area contributed by atoms with Crippen molar-refractivity contribution in [2.75, 3.05) is 13.1 Å². The van der Waals surface area contributed by atoms with Gasteiger partial charge in [0.05, 0.1) is 0 Å². The second kappa shape index (κ2) is 5.87. The van der Waals surface area contributed by atoms with Crippen LogP contribution in [0.25, 0.3) is 0 Å². The molecule has 0 aliphatic heterocycles. The Morgan fingerprint density at radius 3 is 2.19 bits per heavy atom. The molecule has 0 radical (unpaired) electrons. The average Bonchev–Trinajstić information content (AvgIpc) is 2.30. The highest BCUT2D eigenvalue weighted by Gasteiger charge is 2.23. The lowest BCUT2D eigenvalue weighted by atomic mass is 9.80. The van der Waals surface area contributed by atoms with Gasteiger partial charge < -0.3 is 16.6 Å². The molecule has 90 valence electrons. The van der Waals surface area contributed by atoms with Crippen molar-refractivity contribution in [2.45, 2.75) is 19.8 Å². The molecule has 16 heavy (non-hydrogen) atoms. The second-order valence-corrected chi connectivity index (χ2v) is 4.44. The molecule has 3 nitrogen and oxygen atoms in total. The van der Waals surface area contributed by atoms with Crippen LogP contribution in [0, 0.1) is 11.8 Å². The molecule has 0 bridgehead atoms. The number of para-hydroxylation sites is 1. The first-order chi connectivity index (χ1) is 7.61. The molecule has 3 heteroatoms. The van der Waals surface area contributed by atoms with E-state index in [1.165, 1.54) is 0 Å². The molecule has 5 N–H and O–H groups in total. The molecular weight excluding hydrogens is 200 g/mol. The molecule has 2 unspecified atom stereocenters. The van der Waals surface area contributed by atoms with E-state index in [-0.39, 0.29) is 5.92 Å². The number of phenols is 1. The van der Waals surface area contributed by atoms with Gasteiger partial charge in [0.1, 0.15) is 5.75 Å². The third-order valence-corrected chi connectivity index (χ3v) is 3.57. The van der Waals surface area contributed by atoms with Gasteiger partial charge in [-0.25, -0.2) is 0 Å². The maximum atomic E-state index is 9.79. The molecule has 0 aliphatic rings. The molecule has 0 fully saturated rings. The summed E-state index contributed by atoms with van der Waals surface area (Å²) in [7, 11) is 0. The molecular formula is C13H22N2O. The van der Waals surface area contributed by atoms with Crippen molar-refractivity contribution in [3.8, 4) is 5.75 Å². The van der Waals surface area contributed by atoms with Gasteiger partial charge in [-0.3, -0.25) is 0 Å². The van der Waals surface area contributed by atoms with Crippen molar-refractivity contribution in [1.82, 2.24) is 0 Å². The molecule has 1 aromatic carbocycles. The summed E-state index contributed by atoms with van der Waals surface area (Å²) in [5.41, 5.74) is 12.4. The summed E-state index contributed by atoms with van der Waals surface area (Å²) in [6.45, 7) is 5.44. The monoisotopic (exact) mass is 222 g/mol. The van der Waals surface area contributed by atoms with E-state index in [0.717, 1.165) is 5.56 Å². The highest BCUT2D eigenvalue weighted by molar-refractivity contribution is 5.34. The van der Waals surface area contributed by atoms with Crippen LogP contribution in [0.3, 0.4) is 0 Å². The number of hydrogen-bond donors (Lipinski definition) is 3. The summed E-state index contributed by atoms with van der Waals surface area (Å²) < 4.78 is 0. The smallest absolute Gasteiger partial charge is 0.119 e. The van der Waals surface area contributed by atoms with E-state index in [1.54, 1.807) is 6.07 Å². The van der Waals surface area contributed by atoms with Gasteiger partial charge in [0.25, 0.3) is 0 Å². The van der Waals surface area contributed by atoms with Crippen LogP contribution < -0.4 is 11.5 Å². The lowest BCUT2D eigenvalue weighted by molar-refractivity contribution is 0.322. The molecule has 1 aromatic rings. The molecule has 1 rings (SSSR count). The first-order valence-corrected chi connectivity index (χ1v) is 5.79. The molecule has 0 amide bonds. The topological polar surface area (TPSA) is 72.3 Å². The predicted octanol–water partition coefficient (Wildman–Crippen LogP) is 1.67. The zero-order valence-corrected chi connectivity index (χ0v) is 10.1. The third-order valence-electron chi connectivity index (χ3n) is 3.57. The van der Waals surface area contributed by atoms with Gasteiger partial charge in [0, 0.05) is 0 Å². The van der Waals surface area contributed by atoms with Crippen LogP contribution in [0.2, 0.25) is 0 Å². The second-order valence-electron chi connectivity index (χ2n) is 4.44. The van der Waals surface area contributed by atoms with Crippen molar-refractivity contribution in [3.63, 3.8) is 0 Å². The van der Waals surface area contributed by atoms with Crippen LogP contribution in [-0.2, 0) is 0 Å². The third kappa shape index (κ3) is 2.74. The molecule has 0 aromatic heterocycles. The van der Waals surface area contributed by atoms with Crippen LogP contribution >= 0.6 is 0 Å². The van der Waals surface area contributed by atoms with Gasteiger partial charge in [-0.2, -0.15) is 0 Å². The van der Waals surface area contributed by atoms with E-state index in [2.05, 4.69) is 13.8 Å². The normalized spacial score (nSPS) is 15.1. The molecule has 0 saturated carbocycles. The quantitative estimate of drug-likeness (QED) is 0.709. The Kier molecular flexibility index (Phi) is 4.77. The molecule has 0 saturated heterocycles. The maximum Gasteiger partial charge on any atom is 0.119 e. The Morgan fingerprint density at radius 2 is 1.69 bits per heavy atom. The molecule has 0 heterocycles. The molecule has 2 atom stereocenters. The van der Waals surface area contributed by atoms with Gasteiger partial charge in [0.15, 0.2) is 0 Å². The first-order valence-electron chi connectivity index (χ1n) is 5.79. The standard InChI is InChI=1S/C13H22N2O/c1-9(11(7-14)8-15)10(2)12-5-3-4-6-13(12)16/h3-6,9-11,16H,7-8,14-15H2,1-2H3. The maximum absolute atomic E-state index is 9.79. The molecule has 0 spiro atoms. The highest BCUT2D eigenvalue weighted by Crippen LogP contribution is 2.33. The number of aromatic hydroxyl groups is 1. The van der Waals surface area contributed by atoms with Gasteiger partial charge in [-0.05, 0) is 42.5 Å². The Hall–Kier alpha value is -1.06. The van der Waals surface area contributed by atoms with Crippen molar-refractivity contribution >= 4 is 0 Å². The Morgan fingerprint density at radius 1 is 1.12 bits per heavy atom. The minimum atomic E-state index is 0.262. The minimum Gasteiger partial charge on any atom is -0.508 e. The van der Waals surface area contributed by atoms with Crippen molar-refractivity contribution in [3.05, 3.63) is 29.8 Å². The summed E-state index contributed by atoms with van der Waals surface area (Å²) in [6.07, 6.45) is 0. The SMILES string of the molecule is CC(c1ccccc1O)C(C)C(CN)CN. The van der Waals surface area contributed by atoms with E-state index in [1.807, 2.05) is 18.2 Å². The zero-order chi connectivity index (χ0) is 12.1. The summed E-state index contributed by atoms with van der Waals surface area (Å²) in [5, 5.41) is 9.79. The van der Waals surface area contributed by atoms with Crippen LogP contribution in [0.5, 0.6) is 5.75 Å². The number of hydrogen-bond acceptors (Lipinski definition) is 3. The van der Waals surface area contributed by atoms with Crippen LogP contribution in [-0.4, -0.2) is 18.2 Å². The van der Waals surface area contributed by atoms with E-state index in [4.69, 9.17) is 11.5 Å². The van der Waals surface area contributed by atoms with Crippen molar-refractivity contribution in [2.24, 2.45) is 23.3 Å². The average molecular weight is 222 g/mol.